The topological polar surface area (TPSA) is 46.6 Å². The van der Waals surface area contributed by atoms with Crippen LogP contribution >= 0.6 is 0 Å². The van der Waals surface area contributed by atoms with Crippen LogP contribution < -0.4 is 0 Å². The Morgan fingerprint density at radius 3 is 2.75 bits per heavy atom. The summed E-state index contributed by atoms with van der Waals surface area (Å²) < 4.78 is 4.87. The molecule has 0 bridgehead atoms. The van der Waals surface area contributed by atoms with Gasteiger partial charge in [0.25, 0.3) is 0 Å². The van der Waals surface area contributed by atoms with E-state index in [4.69, 9.17) is 4.74 Å². The largest absolute Gasteiger partial charge is 0.465 e. The van der Waals surface area contributed by atoms with Crippen LogP contribution in [0.3, 0.4) is 0 Å². The molecule has 20 heavy (non-hydrogen) atoms. The fraction of sp³-hybridized carbons (Fsp3) is 0.375. The lowest BCUT2D eigenvalue weighted by Gasteiger charge is -2.20. The van der Waals surface area contributed by atoms with Crippen molar-refractivity contribution in [1.82, 2.24) is 4.90 Å². The van der Waals surface area contributed by atoms with E-state index < -0.39 is 5.97 Å². The van der Waals surface area contributed by atoms with Crippen molar-refractivity contribution in [3.05, 3.63) is 48.0 Å². The summed E-state index contributed by atoms with van der Waals surface area (Å²) in [4.78, 5) is 25.2. The van der Waals surface area contributed by atoms with Crippen LogP contribution in [0, 0.1) is 6.92 Å². The molecule has 0 aliphatic carbocycles. The highest BCUT2D eigenvalue weighted by Gasteiger charge is 2.17. The van der Waals surface area contributed by atoms with Crippen molar-refractivity contribution in [2.45, 2.75) is 20.3 Å². The van der Waals surface area contributed by atoms with Crippen molar-refractivity contribution in [3.63, 3.8) is 0 Å². The highest BCUT2D eigenvalue weighted by molar-refractivity contribution is 5.83. The smallest absolute Gasteiger partial charge is 0.325 e. The number of nitrogens with zero attached hydrogens (tertiary/aromatic N) is 1. The van der Waals surface area contributed by atoms with Gasteiger partial charge in [0.1, 0.15) is 6.54 Å². The summed E-state index contributed by atoms with van der Waals surface area (Å²) in [7, 11) is 0. The summed E-state index contributed by atoms with van der Waals surface area (Å²) in [6, 6.07) is 7.77. The molecule has 1 rings (SSSR count). The van der Waals surface area contributed by atoms with Crippen LogP contribution in [0.5, 0.6) is 0 Å². The molecule has 0 unspecified atom stereocenters. The number of carbonyl (C=O) groups is 2. The van der Waals surface area contributed by atoms with Gasteiger partial charge in [-0.25, -0.2) is 0 Å². The van der Waals surface area contributed by atoms with Crippen LogP contribution in [-0.4, -0.2) is 36.5 Å². The third kappa shape index (κ3) is 5.26. The van der Waals surface area contributed by atoms with Crippen LogP contribution in [0.25, 0.3) is 0 Å². The van der Waals surface area contributed by atoms with Gasteiger partial charge in [-0.05, 0) is 19.4 Å². The zero-order valence-corrected chi connectivity index (χ0v) is 12.1. The molecule has 0 spiro atoms. The van der Waals surface area contributed by atoms with Gasteiger partial charge in [0.15, 0.2) is 0 Å². The van der Waals surface area contributed by atoms with Gasteiger partial charge >= 0.3 is 5.97 Å². The van der Waals surface area contributed by atoms with Crippen molar-refractivity contribution >= 4 is 11.9 Å². The summed E-state index contributed by atoms with van der Waals surface area (Å²) >= 11 is 0. The summed E-state index contributed by atoms with van der Waals surface area (Å²) in [5.41, 5.74) is 2.05. The van der Waals surface area contributed by atoms with Crippen LogP contribution in [-0.2, 0) is 20.7 Å². The van der Waals surface area contributed by atoms with Gasteiger partial charge < -0.3 is 9.64 Å². The lowest BCUT2D eigenvalue weighted by atomic mass is 10.1. The SMILES string of the molecule is C=CCN(CC(=O)OCC)C(=O)Cc1cccc(C)c1. The summed E-state index contributed by atoms with van der Waals surface area (Å²) in [5, 5.41) is 0. The van der Waals surface area contributed by atoms with E-state index in [0.717, 1.165) is 11.1 Å². The number of amides is 1. The van der Waals surface area contributed by atoms with Crippen molar-refractivity contribution < 1.29 is 14.3 Å². The number of hydrogen-bond acceptors (Lipinski definition) is 3. The van der Waals surface area contributed by atoms with Crippen molar-refractivity contribution in [2.75, 3.05) is 19.7 Å². The van der Waals surface area contributed by atoms with Crippen LogP contribution in [0.15, 0.2) is 36.9 Å². The van der Waals surface area contributed by atoms with Gasteiger partial charge in [-0.15, -0.1) is 6.58 Å². The average Bonchev–Trinajstić information content (AvgIpc) is 2.38. The summed E-state index contributed by atoms with van der Waals surface area (Å²) in [5.74, 6) is -0.504. The predicted molar refractivity (Wildman–Crippen MR) is 78.3 cm³/mol. The minimum absolute atomic E-state index is 0.0372. The zero-order valence-electron chi connectivity index (χ0n) is 12.1. The Bertz CT molecular complexity index is 482. The van der Waals surface area contributed by atoms with Gasteiger partial charge in [0, 0.05) is 6.54 Å². The molecular formula is C16H21NO3. The molecule has 4 nitrogen and oxygen atoms in total. The normalized spacial score (nSPS) is 9.90. The quantitative estimate of drug-likeness (QED) is 0.565. The molecule has 0 N–H and O–H groups in total. The van der Waals surface area contributed by atoms with E-state index in [-0.39, 0.29) is 18.9 Å². The first-order valence-electron chi connectivity index (χ1n) is 6.66. The lowest BCUT2D eigenvalue weighted by Crippen LogP contribution is -2.37. The van der Waals surface area contributed by atoms with Gasteiger partial charge in [-0.2, -0.15) is 0 Å². The number of ether oxygens (including phenoxy) is 1. The summed E-state index contributed by atoms with van der Waals surface area (Å²) in [6.45, 7) is 7.94. The molecule has 0 saturated heterocycles. The van der Waals surface area contributed by atoms with Crippen molar-refractivity contribution in [1.29, 1.82) is 0 Å². The van der Waals surface area contributed by atoms with Gasteiger partial charge in [-0.3, -0.25) is 9.59 Å². The number of aryl methyl sites for hydroxylation is 1. The fourth-order valence-corrected chi connectivity index (χ4v) is 1.88. The third-order valence-electron chi connectivity index (χ3n) is 2.77. The van der Waals surface area contributed by atoms with Crippen LogP contribution in [0.4, 0.5) is 0 Å². The predicted octanol–water partition coefficient (Wildman–Crippen LogP) is 2.12. The second-order valence-corrected chi connectivity index (χ2v) is 4.53. The second-order valence-electron chi connectivity index (χ2n) is 4.53. The van der Waals surface area contributed by atoms with E-state index in [9.17, 15) is 9.59 Å². The number of rotatable bonds is 7. The van der Waals surface area contributed by atoms with E-state index >= 15 is 0 Å². The Labute approximate surface area is 120 Å². The van der Waals surface area contributed by atoms with Gasteiger partial charge in [0.2, 0.25) is 5.91 Å². The highest BCUT2D eigenvalue weighted by Crippen LogP contribution is 2.07. The standard InChI is InChI=1S/C16H21NO3/c1-4-9-17(12-16(19)20-5-2)15(18)11-14-8-6-7-13(3)10-14/h4,6-8,10H,1,5,9,11-12H2,2-3H3. The van der Waals surface area contributed by atoms with E-state index in [1.165, 1.54) is 4.90 Å². The maximum Gasteiger partial charge on any atom is 0.325 e. The number of carbonyl (C=O) groups excluding carboxylic acids is 2. The highest BCUT2D eigenvalue weighted by atomic mass is 16.5. The number of benzene rings is 1. The molecular weight excluding hydrogens is 254 g/mol. The first-order valence-corrected chi connectivity index (χ1v) is 6.66. The molecule has 0 atom stereocenters. The Hall–Kier alpha value is -2.10. The van der Waals surface area contributed by atoms with Crippen LogP contribution in [0.2, 0.25) is 0 Å². The van der Waals surface area contributed by atoms with Gasteiger partial charge in [0.05, 0.1) is 13.0 Å². The third-order valence-corrected chi connectivity index (χ3v) is 2.77. The molecule has 0 fully saturated rings. The molecule has 0 radical (unpaired) electrons. The molecule has 0 aliphatic rings. The first-order chi connectivity index (χ1) is 9.56. The Balaban J connectivity index is 2.68. The summed E-state index contributed by atoms with van der Waals surface area (Å²) in [6.07, 6.45) is 1.88. The van der Waals surface area contributed by atoms with E-state index in [1.54, 1.807) is 13.0 Å². The maximum atomic E-state index is 12.2. The molecule has 1 amide bonds. The molecule has 0 heterocycles. The van der Waals surface area contributed by atoms with Crippen LogP contribution in [0.1, 0.15) is 18.1 Å². The Morgan fingerprint density at radius 1 is 1.40 bits per heavy atom. The number of esters is 1. The Morgan fingerprint density at radius 2 is 2.15 bits per heavy atom. The molecule has 0 aliphatic heterocycles. The minimum Gasteiger partial charge on any atom is -0.465 e. The average molecular weight is 275 g/mol. The molecule has 1 aromatic rings. The maximum absolute atomic E-state index is 12.2. The molecule has 0 saturated carbocycles. The molecule has 108 valence electrons. The lowest BCUT2D eigenvalue weighted by molar-refractivity contribution is -0.148. The van der Waals surface area contributed by atoms with E-state index in [0.29, 0.717) is 13.2 Å². The molecule has 1 aromatic carbocycles. The minimum atomic E-state index is -0.396. The molecule has 4 heteroatoms. The first kappa shape index (κ1) is 16.0. The van der Waals surface area contributed by atoms with Crippen molar-refractivity contribution in [2.24, 2.45) is 0 Å². The fourth-order valence-electron chi connectivity index (χ4n) is 1.88. The Kier molecular flexibility index (Phi) is 6.50. The molecule has 0 aromatic heterocycles. The zero-order chi connectivity index (χ0) is 15.0. The van der Waals surface area contributed by atoms with Gasteiger partial charge in [-0.1, -0.05) is 35.9 Å². The number of hydrogen-bond donors (Lipinski definition) is 0. The monoisotopic (exact) mass is 275 g/mol. The van der Waals surface area contributed by atoms with Crippen molar-refractivity contribution in [3.8, 4) is 0 Å². The van der Waals surface area contributed by atoms with E-state index in [2.05, 4.69) is 6.58 Å². The van der Waals surface area contributed by atoms with E-state index in [1.807, 2.05) is 31.2 Å². The second kappa shape index (κ2) is 8.15.